The molecule has 0 atom stereocenters. The van der Waals surface area contributed by atoms with Crippen LogP contribution in [0.3, 0.4) is 0 Å². The van der Waals surface area contributed by atoms with Crippen molar-refractivity contribution >= 4 is 29.2 Å². The fourth-order valence-corrected chi connectivity index (χ4v) is 2.22. The molecule has 4 heteroatoms. The average Bonchev–Trinajstić information content (AvgIpc) is 2.51. The molecule has 0 saturated carbocycles. The summed E-state index contributed by atoms with van der Waals surface area (Å²) in [4.78, 5) is 11.2. The van der Waals surface area contributed by atoms with E-state index in [-0.39, 0.29) is 5.91 Å². The lowest BCUT2D eigenvalue weighted by molar-refractivity contribution is -0.119. The minimum absolute atomic E-state index is 0.105. The van der Waals surface area contributed by atoms with E-state index in [1.54, 1.807) is 11.3 Å². The summed E-state index contributed by atoms with van der Waals surface area (Å²) in [7, 11) is 0. The smallest absolute Gasteiger partial charge is 0.230 e. The van der Waals surface area contributed by atoms with E-state index in [0.29, 0.717) is 12.3 Å². The van der Waals surface area contributed by atoms with Crippen molar-refractivity contribution in [3.8, 4) is 0 Å². The number of thiophene rings is 1. The molecule has 1 heterocycles. The van der Waals surface area contributed by atoms with Crippen LogP contribution < -0.4 is 4.72 Å². The molecule has 0 aliphatic rings. The van der Waals surface area contributed by atoms with Crippen LogP contribution in [-0.4, -0.2) is 5.91 Å². The van der Waals surface area contributed by atoms with E-state index in [2.05, 4.69) is 4.72 Å². The van der Waals surface area contributed by atoms with E-state index in [4.69, 9.17) is 0 Å². The summed E-state index contributed by atoms with van der Waals surface area (Å²) in [6.45, 7) is 4.07. The average molecular weight is 215 g/mol. The van der Waals surface area contributed by atoms with Crippen LogP contribution in [-0.2, 0) is 4.79 Å². The molecule has 0 bridgehead atoms. The number of carbonyl (C=O) groups is 1. The molecular weight excluding hydrogens is 202 g/mol. The Hall–Kier alpha value is -0.480. The fourth-order valence-electron chi connectivity index (χ4n) is 0.841. The first-order valence-electron chi connectivity index (χ1n) is 4.17. The normalized spacial score (nSPS) is 10.4. The molecule has 0 saturated heterocycles. The lowest BCUT2D eigenvalue weighted by atomic mass is 10.1. The van der Waals surface area contributed by atoms with Crippen molar-refractivity contribution in [2.24, 2.45) is 5.92 Å². The monoisotopic (exact) mass is 215 g/mol. The minimum atomic E-state index is 0.105. The number of carbonyl (C=O) groups excluding carboxylic acids is 1. The molecule has 0 aromatic carbocycles. The standard InChI is InChI=1S/C9H13NOS2/c1-7(2)6-8(11)10-13-9-4-3-5-12-9/h3-5,7H,6H2,1-2H3,(H,10,11). The van der Waals surface area contributed by atoms with Gasteiger partial charge in [-0.05, 0) is 29.3 Å². The summed E-state index contributed by atoms with van der Waals surface area (Å²) < 4.78 is 3.93. The molecule has 13 heavy (non-hydrogen) atoms. The quantitative estimate of drug-likeness (QED) is 0.782. The Kier molecular flexibility index (Phi) is 4.32. The van der Waals surface area contributed by atoms with Gasteiger partial charge in [-0.25, -0.2) is 0 Å². The fraction of sp³-hybridized carbons (Fsp3) is 0.444. The Balaban J connectivity index is 2.23. The number of rotatable bonds is 4. The molecule has 1 N–H and O–H groups in total. The molecule has 1 rings (SSSR count). The molecule has 72 valence electrons. The second kappa shape index (κ2) is 5.29. The summed E-state index contributed by atoms with van der Waals surface area (Å²) in [6.07, 6.45) is 0.596. The second-order valence-electron chi connectivity index (χ2n) is 3.16. The number of amides is 1. The van der Waals surface area contributed by atoms with E-state index in [0.717, 1.165) is 4.21 Å². The Bertz CT molecular complexity index is 257. The van der Waals surface area contributed by atoms with E-state index in [9.17, 15) is 4.79 Å². The van der Waals surface area contributed by atoms with E-state index in [1.165, 1.54) is 11.9 Å². The molecule has 0 fully saturated rings. The van der Waals surface area contributed by atoms with Crippen LogP contribution in [0.15, 0.2) is 21.7 Å². The maximum absolute atomic E-state index is 11.2. The van der Waals surface area contributed by atoms with Gasteiger partial charge >= 0.3 is 0 Å². The third-order valence-electron chi connectivity index (χ3n) is 1.35. The number of hydrogen-bond acceptors (Lipinski definition) is 3. The molecular formula is C9H13NOS2. The molecule has 0 radical (unpaired) electrons. The summed E-state index contributed by atoms with van der Waals surface area (Å²) in [5, 5.41) is 2.00. The maximum Gasteiger partial charge on any atom is 0.230 e. The van der Waals surface area contributed by atoms with Crippen LogP contribution in [0.4, 0.5) is 0 Å². The topological polar surface area (TPSA) is 29.1 Å². The molecule has 2 nitrogen and oxygen atoms in total. The summed E-state index contributed by atoms with van der Waals surface area (Å²) in [5.41, 5.74) is 0. The van der Waals surface area contributed by atoms with Crippen LogP contribution >= 0.6 is 23.3 Å². The van der Waals surface area contributed by atoms with Crippen LogP contribution in [0.2, 0.25) is 0 Å². The zero-order valence-electron chi connectivity index (χ0n) is 7.74. The molecule has 1 aromatic heterocycles. The largest absolute Gasteiger partial charge is 0.295 e. The first-order chi connectivity index (χ1) is 6.18. The van der Waals surface area contributed by atoms with Crippen LogP contribution in [0.5, 0.6) is 0 Å². The van der Waals surface area contributed by atoms with Gasteiger partial charge in [-0.3, -0.25) is 9.52 Å². The summed E-state index contributed by atoms with van der Waals surface area (Å²) in [5.74, 6) is 0.525. The zero-order valence-corrected chi connectivity index (χ0v) is 9.37. The van der Waals surface area contributed by atoms with Crippen LogP contribution in [0.25, 0.3) is 0 Å². The predicted molar refractivity (Wildman–Crippen MR) is 57.8 cm³/mol. The Morgan fingerprint density at radius 1 is 1.69 bits per heavy atom. The molecule has 0 aliphatic heterocycles. The first kappa shape index (κ1) is 10.6. The SMILES string of the molecule is CC(C)CC(=O)NSc1cccs1. The molecule has 0 aliphatic carbocycles. The highest BCUT2D eigenvalue weighted by molar-refractivity contribution is 7.99. The highest BCUT2D eigenvalue weighted by Gasteiger charge is 2.04. The van der Waals surface area contributed by atoms with Crippen molar-refractivity contribution in [3.63, 3.8) is 0 Å². The highest BCUT2D eigenvalue weighted by Crippen LogP contribution is 2.20. The highest BCUT2D eigenvalue weighted by atomic mass is 32.2. The van der Waals surface area contributed by atoms with Gasteiger partial charge in [0.05, 0.1) is 4.21 Å². The molecule has 0 unspecified atom stereocenters. The minimum Gasteiger partial charge on any atom is -0.295 e. The lowest BCUT2D eigenvalue weighted by Gasteiger charge is -2.04. The van der Waals surface area contributed by atoms with E-state index < -0.39 is 0 Å². The van der Waals surface area contributed by atoms with Gasteiger partial charge < -0.3 is 0 Å². The number of hydrogen-bond donors (Lipinski definition) is 1. The zero-order chi connectivity index (χ0) is 9.68. The first-order valence-corrected chi connectivity index (χ1v) is 5.87. The van der Waals surface area contributed by atoms with Crippen molar-refractivity contribution < 1.29 is 4.79 Å². The van der Waals surface area contributed by atoms with Crippen molar-refractivity contribution in [2.45, 2.75) is 24.5 Å². The van der Waals surface area contributed by atoms with Gasteiger partial charge in [0, 0.05) is 6.42 Å². The van der Waals surface area contributed by atoms with E-state index >= 15 is 0 Å². The Morgan fingerprint density at radius 3 is 3.00 bits per heavy atom. The summed E-state index contributed by atoms with van der Waals surface area (Å²) >= 11 is 3.03. The van der Waals surface area contributed by atoms with E-state index in [1.807, 2.05) is 31.4 Å². The molecule has 1 aromatic rings. The van der Waals surface area contributed by atoms with Gasteiger partial charge in [-0.1, -0.05) is 19.9 Å². The predicted octanol–water partition coefficient (Wildman–Crippen LogP) is 2.92. The summed E-state index contributed by atoms with van der Waals surface area (Å²) in [6, 6.07) is 3.96. The lowest BCUT2D eigenvalue weighted by Crippen LogP contribution is -2.16. The third kappa shape index (κ3) is 4.33. The van der Waals surface area contributed by atoms with Gasteiger partial charge in [0.25, 0.3) is 0 Å². The van der Waals surface area contributed by atoms with Crippen LogP contribution in [0, 0.1) is 5.92 Å². The third-order valence-corrected chi connectivity index (χ3v) is 3.22. The Labute approximate surface area is 86.9 Å². The van der Waals surface area contributed by atoms with Crippen molar-refractivity contribution in [1.82, 2.24) is 4.72 Å². The van der Waals surface area contributed by atoms with Crippen molar-refractivity contribution in [1.29, 1.82) is 0 Å². The van der Waals surface area contributed by atoms with Gasteiger partial charge in [-0.15, -0.1) is 11.3 Å². The Morgan fingerprint density at radius 2 is 2.46 bits per heavy atom. The van der Waals surface area contributed by atoms with Gasteiger partial charge in [0.1, 0.15) is 0 Å². The van der Waals surface area contributed by atoms with Crippen molar-refractivity contribution in [2.75, 3.05) is 0 Å². The van der Waals surface area contributed by atoms with Gasteiger partial charge in [0.15, 0.2) is 0 Å². The van der Waals surface area contributed by atoms with Gasteiger partial charge in [-0.2, -0.15) is 0 Å². The van der Waals surface area contributed by atoms with Crippen molar-refractivity contribution in [3.05, 3.63) is 17.5 Å². The molecule has 1 amide bonds. The molecule has 0 spiro atoms. The van der Waals surface area contributed by atoms with Gasteiger partial charge in [0.2, 0.25) is 5.91 Å². The number of nitrogens with one attached hydrogen (secondary N) is 1. The maximum atomic E-state index is 11.2. The van der Waals surface area contributed by atoms with Crippen LogP contribution in [0.1, 0.15) is 20.3 Å². The second-order valence-corrected chi connectivity index (χ2v) is 5.21.